The van der Waals surface area contributed by atoms with Crippen molar-refractivity contribution >= 4 is 27.3 Å². The molecule has 0 saturated carbocycles. The molecule has 2 aromatic rings. The number of rotatable bonds is 2. The third kappa shape index (κ3) is 2.20. The minimum atomic E-state index is 0.155. The monoisotopic (exact) mass is 323 g/mol. The molecule has 3 rings (SSSR count). The van der Waals surface area contributed by atoms with E-state index in [9.17, 15) is 0 Å². The van der Waals surface area contributed by atoms with Crippen LogP contribution in [0.15, 0.2) is 39.5 Å². The number of fused-ring (bicyclic) bond motifs is 1. The molecule has 1 aliphatic heterocycles. The summed E-state index contributed by atoms with van der Waals surface area (Å²) < 4.78 is 7.21. The maximum Gasteiger partial charge on any atom is 0.126 e. The van der Waals surface area contributed by atoms with Crippen LogP contribution in [0.3, 0.4) is 0 Å². The Kier molecular flexibility index (Phi) is 3.41. The first-order chi connectivity index (χ1) is 8.78. The van der Waals surface area contributed by atoms with Crippen LogP contribution in [-0.4, -0.2) is 7.05 Å². The molecule has 1 aromatic carbocycles. The zero-order valence-electron chi connectivity index (χ0n) is 10.0. The molecule has 0 bridgehead atoms. The fourth-order valence-electron chi connectivity index (χ4n) is 2.38. The Hall–Kier alpha value is -0.840. The van der Waals surface area contributed by atoms with Gasteiger partial charge in [-0.3, -0.25) is 0 Å². The normalized spacial score (nSPS) is 22.3. The number of ether oxygens (including phenoxy) is 1. The molecule has 0 saturated heterocycles. The van der Waals surface area contributed by atoms with E-state index in [1.54, 1.807) is 11.3 Å². The summed E-state index contributed by atoms with van der Waals surface area (Å²) in [5.74, 6) is 0.986. The van der Waals surface area contributed by atoms with E-state index in [-0.39, 0.29) is 6.10 Å². The van der Waals surface area contributed by atoms with Crippen molar-refractivity contribution in [1.29, 1.82) is 0 Å². The van der Waals surface area contributed by atoms with Crippen LogP contribution in [0.1, 0.15) is 29.7 Å². The van der Waals surface area contributed by atoms with Gasteiger partial charge in [0.1, 0.15) is 11.9 Å². The van der Waals surface area contributed by atoms with Crippen LogP contribution < -0.4 is 10.1 Å². The standard InChI is InChI=1S/C14H14BrNOS/c1-16-12-7-14(9-4-5-18-8-9)17-13-3-2-10(15)6-11(12)13/h2-6,8,12,14,16H,7H2,1H3. The largest absolute Gasteiger partial charge is 0.485 e. The van der Waals surface area contributed by atoms with Gasteiger partial charge in [0.25, 0.3) is 0 Å². The molecular formula is C14H14BrNOS. The van der Waals surface area contributed by atoms with Gasteiger partial charge in [0.15, 0.2) is 0 Å². The van der Waals surface area contributed by atoms with E-state index in [4.69, 9.17) is 4.74 Å². The van der Waals surface area contributed by atoms with Crippen LogP contribution in [0.2, 0.25) is 0 Å². The van der Waals surface area contributed by atoms with E-state index >= 15 is 0 Å². The lowest BCUT2D eigenvalue weighted by molar-refractivity contribution is 0.154. The summed E-state index contributed by atoms with van der Waals surface area (Å²) in [7, 11) is 2.01. The van der Waals surface area contributed by atoms with E-state index < -0.39 is 0 Å². The van der Waals surface area contributed by atoms with Crippen LogP contribution in [0, 0.1) is 0 Å². The van der Waals surface area contributed by atoms with Gasteiger partial charge in [0.05, 0.1) is 0 Å². The SMILES string of the molecule is CNC1CC(c2ccsc2)Oc2ccc(Br)cc21. The van der Waals surface area contributed by atoms with Crippen molar-refractivity contribution in [3.8, 4) is 5.75 Å². The zero-order chi connectivity index (χ0) is 12.5. The van der Waals surface area contributed by atoms with Crippen LogP contribution >= 0.6 is 27.3 Å². The Bertz CT molecular complexity index is 541. The van der Waals surface area contributed by atoms with Crippen molar-refractivity contribution in [1.82, 2.24) is 5.32 Å². The molecule has 0 amide bonds. The summed E-state index contributed by atoms with van der Waals surface area (Å²) in [6.07, 6.45) is 1.12. The van der Waals surface area contributed by atoms with Gasteiger partial charge in [-0.1, -0.05) is 15.9 Å². The van der Waals surface area contributed by atoms with Gasteiger partial charge in [0.2, 0.25) is 0 Å². The lowest BCUT2D eigenvalue weighted by Crippen LogP contribution is -2.26. The second kappa shape index (κ2) is 5.03. The number of hydrogen-bond acceptors (Lipinski definition) is 3. The first-order valence-electron chi connectivity index (χ1n) is 5.93. The van der Waals surface area contributed by atoms with Crippen molar-refractivity contribution in [2.45, 2.75) is 18.6 Å². The molecule has 0 radical (unpaired) electrons. The van der Waals surface area contributed by atoms with Gasteiger partial charge in [-0.2, -0.15) is 11.3 Å². The summed E-state index contributed by atoms with van der Waals surface area (Å²) in [5.41, 5.74) is 2.51. The minimum Gasteiger partial charge on any atom is -0.485 e. The Morgan fingerprint density at radius 2 is 2.28 bits per heavy atom. The average Bonchev–Trinajstić information content (AvgIpc) is 2.91. The van der Waals surface area contributed by atoms with Crippen LogP contribution in [-0.2, 0) is 0 Å². The maximum atomic E-state index is 6.11. The minimum absolute atomic E-state index is 0.155. The number of nitrogens with one attached hydrogen (secondary N) is 1. The molecule has 2 unspecified atom stereocenters. The summed E-state index contributed by atoms with van der Waals surface area (Å²) >= 11 is 5.24. The fourth-order valence-corrected chi connectivity index (χ4v) is 3.46. The molecule has 2 nitrogen and oxygen atoms in total. The Morgan fingerprint density at radius 3 is 3.00 bits per heavy atom. The van der Waals surface area contributed by atoms with E-state index in [1.807, 2.05) is 19.2 Å². The zero-order valence-corrected chi connectivity index (χ0v) is 12.4. The molecule has 18 heavy (non-hydrogen) atoms. The third-order valence-corrected chi connectivity index (χ3v) is 4.52. The van der Waals surface area contributed by atoms with Crippen LogP contribution in [0.25, 0.3) is 0 Å². The molecule has 94 valence electrons. The van der Waals surface area contributed by atoms with Crippen LogP contribution in [0.5, 0.6) is 5.75 Å². The molecule has 4 heteroatoms. The lowest BCUT2D eigenvalue weighted by Gasteiger charge is -2.32. The number of benzene rings is 1. The average molecular weight is 324 g/mol. The highest BCUT2D eigenvalue weighted by atomic mass is 79.9. The first kappa shape index (κ1) is 12.2. The molecule has 1 aromatic heterocycles. The molecular weight excluding hydrogens is 310 g/mol. The second-order valence-electron chi connectivity index (χ2n) is 4.42. The van der Waals surface area contributed by atoms with Crippen LogP contribution in [0.4, 0.5) is 0 Å². The molecule has 1 N–H and O–H groups in total. The summed E-state index contributed by atoms with van der Waals surface area (Å²) in [6, 6.07) is 8.70. The first-order valence-corrected chi connectivity index (χ1v) is 7.67. The highest BCUT2D eigenvalue weighted by Gasteiger charge is 2.28. The van der Waals surface area contributed by atoms with Crippen molar-refractivity contribution in [3.05, 3.63) is 50.6 Å². The number of thiophene rings is 1. The molecule has 2 atom stereocenters. The number of hydrogen-bond donors (Lipinski definition) is 1. The highest BCUT2D eigenvalue weighted by Crippen LogP contribution is 2.41. The summed E-state index contributed by atoms with van der Waals surface area (Å²) in [4.78, 5) is 0. The molecule has 0 aliphatic carbocycles. The van der Waals surface area contributed by atoms with Gasteiger partial charge in [-0.15, -0.1) is 0 Å². The highest BCUT2D eigenvalue weighted by molar-refractivity contribution is 9.10. The van der Waals surface area contributed by atoms with E-state index in [1.165, 1.54) is 11.1 Å². The molecule has 0 spiro atoms. The Balaban J connectivity index is 1.97. The van der Waals surface area contributed by atoms with Gasteiger partial charge < -0.3 is 10.1 Å². The van der Waals surface area contributed by atoms with Gasteiger partial charge in [-0.05, 0) is 42.1 Å². The topological polar surface area (TPSA) is 21.3 Å². The van der Waals surface area contributed by atoms with Crippen molar-refractivity contribution < 1.29 is 4.74 Å². The Labute approximate surface area is 119 Å². The lowest BCUT2D eigenvalue weighted by atomic mass is 9.94. The number of halogens is 1. The predicted molar refractivity (Wildman–Crippen MR) is 78.2 cm³/mol. The van der Waals surface area contributed by atoms with Gasteiger partial charge in [-0.25, -0.2) is 0 Å². The second-order valence-corrected chi connectivity index (χ2v) is 6.12. The third-order valence-electron chi connectivity index (χ3n) is 3.33. The quantitative estimate of drug-likeness (QED) is 0.889. The smallest absolute Gasteiger partial charge is 0.126 e. The Morgan fingerprint density at radius 1 is 1.39 bits per heavy atom. The van der Waals surface area contributed by atoms with E-state index in [2.05, 4.69) is 44.1 Å². The van der Waals surface area contributed by atoms with E-state index in [0.717, 1.165) is 16.6 Å². The van der Waals surface area contributed by atoms with Gasteiger partial charge >= 0.3 is 0 Å². The van der Waals surface area contributed by atoms with Gasteiger partial charge in [0, 0.05) is 28.1 Å². The van der Waals surface area contributed by atoms with E-state index in [0.29, 0.717) is 6.04 Å². The fraction of sp³-hybridized carbons (Fsp3) is 0.286. The molecule has 1 aliphatic rings. The summed E-state index contributed by atoms with van der Waals surface area (Å²) in [6.45, 7) is 0. The van der Waals surface area contributed by atoms with Crippen molar-refractivity contribution in [3.63, 3.8) is 0 Å². The van der Waals surface area contributed by atoms with Crippen molar-refractivity contribution in [2.24, 2.45) is 0 Å². The molecule has 2 heterocycles. The van der Waals surface area contributed by atoms with Crippen molar-refractivity contribution in [2.75, 3.05) is 7.05 Å². The molecule has 0 fully saturated rings. The predicted octanol–water partition coefficient (Wildman–Crippen LogP) is 4.29. The maximum absolute atomic E-state index is 6.11. The summed E-state index contributed by atoms with van der Waals surface area (Å²) in [5, 5.41) is 7.65.